The van der Waals surface area contributed by atoms with Gasteiger partial charge in [-0.15, -0.1) is 0 Å². The van der Waals surface area contributed by atoms with Gasteiger partial charge in [-0.1, -0.05) is 60.7 Å². The predicted octanol–water partition coefficient (Wildman–Crippen LogP) is 3.30. The van der Waals surface area contributed by atoms with Gasteiger partial charge in [-0.2, -0.15) is 5.10 Å². The third-order valence-corrected chi connectivity index (χ3v) is 4.41. The Morgan fingerprint density at radius 1 is 1.04 bits per heavy atom. The highest BCUT2D eigenvalue weighted by atomic mass is 32.1. The lowest BCUT2D eigenvalue weighted by Crippen LogP contribution is -2.24. The zero-order chi connectivity index (χ0) is 19.9. The number of hydrazone groups is 1. The van der Waals surface area contributed by atoms with Gasteiger partial charge >= 0.3 is 0 Å². The number of H-pyrrole nitrogens is 2. The van der Waals surface area contributed by atoms with E-state index in [9.17, 15) is 9.59 Å². The Morgan fingerprint density at radius 2 is 1.61 bits per heavy atom. The van der Waals surface area contributed by atoms with E-state index in [0.29, 0.717) is 5.69 Å². The van der Waals surface area contributed by atoms with Gasteiger partial charge in [0.1, 0.15) is 0 Å². The van der Waals surface area contributed by atoms with Gasteiger partial charge in [0.2, 0.25) is 5.91 Å². The summed E-state index contributed by atoms with van der Waals surface area (Å²) in [7, 11) is 0. The fourth-order valence-electron chi connectivity index (χ4n) is 3.01. The Balaban J connectivity index is 1.79. The van der Waals surface area contributed by atoms with Crippen LogP contribution in [0.15, 0.2) is 76.6 Å². The largest absolute Gasteiger partial charge is 0.335 e. The standard InChI is InChI=1S/C21H20N4O2S/c1-14(24-25-19(27)13-17-12-18(26)23-21(28)22-17)20(15-8-4-2-5-9-15)16-10-6-3-7-11-16/h2-12,20H,13H2,1H3,(H,25,27)(H2,22,23,26,28)/b24-14-. The summed E-state index contributed by atoms with van der Waals surface area (Å²) >= 11 is 4.92. The summed E-state index contributed by atoms with van der Waals surface area (Å²) in [6, 6.07) is 21.3. The number of aromatic amines is 2. The highest BCUT2D eigenvalue weighted by Gasteiger charge is 2.17. The van der Waals surface area contributed by atoms with Crippen molar-refractivity contribution in [2.75, 3.05) is 0 Å². The van der Waals surface area contributed by atoms with Gasteiger partial charge in [-0.25, -0.2) is 5.43 Å². The number of rotatable bonds is 6. The molecule has 0 unspecified atom stereocenters. The third kappa shape index (κ3) is 5.11. The van der Waals surface area contributed by atoms with E-state index in [1.807, 2.05) is 67.6 Å². The van der Waals surface area contributed by atoms with E-state index in [-0.39, 0.29) is 28.6 Å². The molecule has 7 heteroatoms. The van der Waals surface area contributed by atoms with Gasteiger partial charge in [-0.05, 0) is 30.3 Å². The zero-order valence-electron chi connectivity index (χ0n) is 15.3. The number of hydrogen-bond acceptors (Lipinski definition) is 4. The van der Waals surface area contributed by atoms with Crippen LogP contribution in [0.3, 0.4) is 0 Å². The molecule has 0 atom stereocenters. The van der Waals surface area contributed by atoms with E-state index in [2.05, 4.69) is 20.5 Å². The molecular formula is C21H20N4O2S. The molecule has 0 saturated carbocycles. The number of amides is 1. The maximum absolute atomic E-state index is 12.3. The van der Waals surface area contributed by atoms with E-state index < -0.39 is 0 Å². The third-order valence-electron chi connectivity index (χ3n) is 4.21. The first-order valence-corrected chi connectivity index (χ1v) is 9.19. The normalized spacial score (nSPS) is 11.4. The Bertz CT molecular complexity index is 1020. The van der Waals surface area contributed by atoms with Crippen LogP contribution < -0.4 is 11.0 Å². The van der Waals surface area contributed by atoms with Gasteiger partial charge in [0, 0.05) is 23.4 Å². The summed E-state index contributed by atoms with van der Waals surface area (Å²) in [5.74, 6) is -0.413. The summed E-state index contributed by atoms with van der Waals surface area (Å²) in [5.41, 5.74) is 5.58. The summed E-state index contributed by atoms with van der Waals surface area (Å²) in [5, 5.41) is 4.31. The first-order valence-electron chi connectivity index (χ1n) is 8.78. The van der Waals surface area contributed by atoms with Crippen molar-refractivity contribution in [3.05, 3.63) is 98.7 Å². The molecule has 1 aromatic heterocycles. The van der Waals surface area contributed by atoms with Gasteiger partial charge in [0.05, 0.1) is 6.42 Å². The monoisotopic (exact) mass is 392 g/mol. The van der Waals surface area contributed by atoms with Crippen molar-refractivity contribution in [3.8, 4) is 0 Å². The molecular weight excluding hydrogens is 372 g/mol. The quantitative estimate of drug-likeness (QED) is 0.342. The fourth-order valence-corrected chi connectivity index (χ4v) is 3.24. The van der Waals surface area contributed by atoms with E-state index in [1.54, 1.807) is 0 Å². The van der Waals surface area contributed by atoms with Crippen LogP contribution in [-0.4, -0.2) is 21.6 Å². The van der Waals surface area contributed by atoms with Crippen LogP contribution in [-0.2, 0) is 11.2 Å². The molecule has 3 aromatic rings. The lowest BCUT2D eigenvalue weighted by atomic mass is 9.88. The number of hydrogen-bond donors (Lipinski definition) is 3. The second-order valence-electron chi connectivity index (χ2n) is 6.33. The molecule has 3 N–H and O–H groups in total. The number of carbonyl (C=O) groups is 1. The van der Waals surface area contributed by atoms with E-state index >= 15 is 0 Å². The molecule has 2 aromatic carbocycles. The van der Waals surface area contributed by atoms with Crippen LogP contribution in [0.25, 0.3) is 0 Å². The minimum absolute atomic E-state index is 0.0221. The minimum atomic E-state index is -0.348. The maximum atomic E-state index is 12.3. The summed E-state index contributed by atoms with van der Waals surface area (Å²) in [6.07, 6.45) is -0.0221. The van der Waals surface area contributed by atoms with Crippen LogP contribution >= 0.6 is 12.2 Å². The van der Waals surface area contributed by atoms with Crippen molar-refractivity contribution < 1.29 is 4.79 Å². The molecule has 3 rings (SSSR count). The number of nitrogens with zero attached hydrogens (tertiary/aromatic N) is 1. The highest BCUT2D eigenvalue weighted by molar-refractivity contribution is 7.71. The lowest BCUT2D eigenvalue weighted by Gasteiger charge is -2.18. The second-order valence-corrected chi connectivity index (χ2v) is 6.74. The minimum Gasteiger partial charge on any atom is -0.335 e. The Hall–Kier alpha value is -3.32. The van der Waals surface area contributed by atoms with E-state index in [4.69, 9.17) is 12.2 Å². The topological polar surface area (TPSA) is 90.1 Å². The number of aromatic nitrogens is 2. The Labute approximate surface area is 167 Å². The van der Waals surface area contributed by atoms with Crippen LogP contribution in [0.5, 0.6) is 0 Å². The zero-order valence-corrected chi connectivity index (χ0v) is 16.1. The first-order chi connectivity index (χ1) is 13.5. The molecule has 0 radical (unpaired) electrons. The SMILES string of the molecule is C/C(=N/NC(=O)Cc1cc(=O)[nH]c(=S)[nH]1)C(c1ccccc1)c1ccccc1. The van der Waals surface area contributed by atoms with Crippen molar-refractivity contribution >= 4 is 23.8 Å². The molecule has 6 nitrogen and oxygen atoms in total. The number of carbonyl (C=O) groups excluding carboxylic acids is 1. The molecule has 0 aliphatic rings. The molecule has 28 heavy (non-hydrogen) atoms. The average molecular weight is 392 g/mol. The second kappa shape index (κ2) is 9.05. The fraction of sp³-hybridized carbons (Fsp3) is 0.143. The Kier molecular flexibility index (Phi) is 6.29. The predicted molar refractivity (Wildman–Crippen MR) is 112 cm³/mol. The van der Waals surface area contributed by atoms with Crippen LogP contribution in [0.1, 0.15) is 29.7 Å². The molecule has 0 saturated heterocycles. The molecule has 0 aliphatic carbocycles. The van der Waals surface area contributed by atoms with Crippen LogP contribution in [0.2, 0.25) is 0 Å². The van der Waals surface area contributed by atoms with Crippen molar-refractivity contribution in [1.82, 2.24) is 15.4 Å². The molecule has 0 fully saturated rings. The lowest BCUT2D eigenvalue weighted by molar-refractivity contribution is -0.120. The molecule has 0 spiro atoms. The van der Waals surface area contributed by atoms with Crippen molar-refractivity contribution in [3.63, 3.8) is 0 Å². The van der Waals surface area contributed by atoms with Crippen molar-refractivity contribution in [1.29, 1.82) is 0 Å². The van der Waals surface area contributed by atoms with Gasteiger partial charge < -0.3 is 4.98 Å². The summed E-state index contributed by atoms with van der Waals surface area (Å²) in [6.45, 7) is 1.88. The summed E-state index contributed by atoms with van der Waals surface area (Å²) in [4.78, 5) is 28.9. The van der Waals surface area contributed by atoms with Gasteiger partial charge in [0.25, 0.3) is 5.56 Å². The smallest absolute Gasteiger partial charge is 0.251 e. The number of nitrogens with one attached hydrogen (secondary N) is 3. The molecule has 0 aliphatic heterocycles. The first kappa shape index (κ1) is 19.4. The average Bonchev–Trinajstić information content (AvgIpc) is 2.67. The van der Waals surface area contributed by atoms with Gasteiger partial charge in [-0.3, -0.25) is 14.6 Å². The van der Waals surface area contributed by atoms with Crippen molar-refractivity contribution in [2.24, 2.45) is 5.10 Å². The molecule has 0 bridgehead atoms. The van der Waals surface area contributed by atoms with Crippen molar-refractivity contribution in [2.45, 2.75) is 19.3 Å². The Morgan fingerprint density at radius 3 is 2.14 bits per heavy atom. The maximum Gasteiger partial charge on any atom is 0.251 e. The molecule has 142 valence electrons. The highest BCUT2D eigenvalue weighted by Crippen LogP contribution is 2.25. The van der Waals surface area contributed by atoms with Crippen LogP contribution in [0.4, 0.5) is 0 Å². The number of benzene rings is 2. The van der Waals surface area contributed by atoms with Crippen LogP contribution in [0, 0.1) is 4.77 Å². The molecule has 1 amide bonds. The molecule has 1 heterocycles. The van der Waals surface area contributed by atoms with E-state index in [0.717, 1.165) is 16.8 Å². The summed E-state index contributed by atoms with van der Waals surface area (Å²) < 4.78 is 0.184. The van der Waals surface area contributed by atoms with Gasteiger partial charge in [0.15, 0.2) is 4.77 Å². The van der Waals surface area contributed by atoms with E-state index in [1.165, 1.54) is 6.07 Å².